The van der Waals surface area contributed by atoms with E-state index in [0.29, 0.717) is 145 Å². The van der Waals surface area contributed by atoms with Gasteiger partial charge in [-0.1, -0.05) is 21.6 Å². The molecule has 0 atom stereocenters. The Labute approximate surface area is 284 Å². The van der Waals surface area contributed by atoms with E-state index in [1.165, 1.54) is 7.11 Å². The zero-order valence-corrected chi connectivity index (χ0v) is 30.0. The van der Waals surface area contributed by atoms with Gasteiger partial charge in [0.1, 0.15) is 6.61 Å². The normalized spacial score (nSPS) is 11.6. The quantitative estimate of drug-likeness (QED) is 0.0398. The van der Waals surface area contributed by atoms with Gasteiger partial charge in [0.25, 0.3) is 0 Å². The monoisotopic (exact) mass is 710 g/mol. The lowest BCUT2D eigenvalue weighted by molar-refractivity contribution is -0.277. The molecule has 16 heteroatoms. The largest absolute Gasteiger partial charge is 0.382 e. The molecule has 0 radical (unpaired) electrons. The van der Waals surface area contributed by atoms with Crippen LogP contribution in [0.25, 0.3) is 0 Å². The molecule has 0 aliphatic heterocycles. The minimum absolute atomic E-state index is 0.405. The third-order valence-electron chi connectivity index (χ3n) is 5.37. The highest BCUT2D eigenvalue weighted by molar-refractivity contribution is 8.76. The molecular formula is C30H62O14S2. The van der Waals surface area contributed by atoms with Crippen LogP contribution in [-0.2, 0) is 66.6 Å². The van der Waals surface area contributed by atoms with Crippen LogP contribution < -0.4 is 0 Å². The van der Waals surface area contributed by atoms with Gasteiger partial charge in [-0.2, -0.15) is 0 Å². The molecule has 0 saturated carbocycles. The van der Waals surface area contributed by atoms with Crippen molar-refractivity contribution < 1.29 is 66.6 Å². The highest BCUT2D eigenvalue weighted by atomic mass is 33.1. The Balaban J connectivity index is 3.03. The number of hydrogen-bond donors (Lipinski definition) is 0. The van der Waals surface area contributed by atoms with E-state index >= 15 is 0 Å². The Morgan fingerprint density at radius 2 is 0.587 bits per heavy atom. The van der Waals surface area contributed by atoms with Crippen molar-refractivity contribution >= 4 is 21.6 Å². The summed E-state index contributed by atoms with van der Waals surface area (Å²) in [6, 6.07) is 0. The van der Waals surface area contributed by atoms with Gasteiger partial charge < -0.3 is 56.8 Å². The molecule has 0 heterocycles. The van der Waals surface area contributed by atoms with Gasteiger partial charge >= 0.3 is 0 Å². The molecule has 0 fully saturated rings. The number of methoxy groups -OCH3 is 1. The van der Waals surface area contributed by atoms with Gasteiger partial charge in [0, 0.05) is 25.2 Å². The summed E-state index contributed by atoms with van der Waals surface area (Å²) in [4.78, 5) is 9.15. The van der Waals surface area contributed by atoms with E-state index in [1.807, 2.05) is 21.6 Å². The molecule has 0 spiro atoms. The Morgan fingerprint density at radius 1 is 0.283 bits per heavy atom. The van der Waals surface area contributed by atoms with Crippen molar-refractivity contribution in [3.05, 3.63) is 0 Å². The Hall–Kier alpha value is 0.140. The van der Waals surface area contributed by atoms with Gasteiger partial charge in [-0.25, -0.2) is 9.78 Å². The van der Waals surface area contributed by atoms with Crippen molar-refractivity contribution in [3.63, 3.8) is 0 Å². The second-order valence-corrected chi connectivity index (χ2v) is 11.8. The molecule has 0 aromatic rings. The Kier molecular flexibility index (Phi) is 45.3. The van der Waals surface area contributed by atoms with Crippen LogP contribution >= 0.6 is 21.6 Å². The van der Waals surface area contributed by atoms with Crippen LogP contribution in [0.3, 0.4) is 0 Å². The molecule has 0 saturated heterocycles. The van der Waals surface area contributed by atoms with Gasteiger partial charge in [0.15, 0.2) is 0 Å². The molecule has 0 aliphatic carbocycles. The summed E-state index contributed by atoms with van der Waals surface area (Å²) in [5, 5.41) is 0. The van der Waals surface area contributed by atoms with Gasteiger partial charge in [-0.15, -0.1) is 0 Å². The maximum Gasteiger partial charge on any atom is 0.106 e. The van der Waals surface area contributed by atoms with Gasteiger partial charge in [0.2, 0.25) is 0 Å². The second kappa shape index (κ2) is 45.1. The van der Waals surface area contributed by atoms with Crippen LogP contribution in [0, 0.1) is 0 Å². The Morgan fingerprint density at radius 3 is 0.957 bits per heavy atom. The van der Waals surface area contributed by atoms with E-state index in [2.05, 4.69) is 4.89 Å². The van der Waals surface area contributed by atoms with Crippen LogP contribution in [0.15, 0.2) is 0 Å². The molecule has 0 aromatic heterocycles. The molecule has 46 heavy (non-hydrogen) atoms. The zero-order chi connectivity index (χ0) is 33.1. The van der Waals surface area contributed by atoms with E-state index in [1.54, 1.807) is 7.11 Å². The van der Waals surface area contributed by atoms with Crippen LogP contribution in [-0.4, -0.2) is 184 Å². The lowest BCUT2D eigenvalue weighted by Gasteiger charge is -2.08. The van der Waals surface area contributed by atoms with Crippen molar-refractivity contribution in [2.75, 3.05) is 184 Å². The number of unbranched alkanes of at least 4 members (excludes halogenated alkanes) is 1. The van der Waals surface area contributed by atoms with Crippen LogP contribution in [0.1, 0.15) is 12.8 Å². The summed E-state index contributed by atoms with van der Waals surface area (Å²) in [5.74, 6) is 2.07. The second-order valence-electron chi connectivity index (χ2n) is 9.07. The first-order chi connectivity index (χ1) is 22.9. The summed E-state index contributed by atoms with van der Waals surface area (Å²) in [6.07, 6.45) is 2.18. The van der Waals surface area contributed by atoms with E-state index in [4.69, 9.17) is 61.7 Å². The van der Waals surface area contributed by atoms with Crippen LogP contribution in [0.2, 0.25) is 0 Å². The fourth-order valence-corrected chi connectivity index (χ4v) is 5.09. The van der Waals surface area contributed by atoms with E-state index in [0.717, 1.165) is 37.6 Å². The fourth-order valence-electron chi connectivity index (χ4n) is 3.08. The molecule has 0 N–H and O–H groups in total. The number of ether oxygens (including phenoxy) is 12. The predicted molar refractivity (Wildman–Crippen MR) is 178 cm³/mol. The minimum atomic E-state index is 0.405. The molecule has 0 rings (SSSR count). The van der Waals surface area contributed by atoms with Crippen molar-refractivity contribution in [3.8, 4) is 0 Å². The smallest absolute Gasteiger partial charge is 0.106 e. The summed E-state index contributed by atoms with van der Waals surface area (Å²) < 4.78 is 64.9. The third-order valence-corrected chi connectivity index (χ3v) is 7.82. The topological polar surface area (TPSA) is 129 Å². The third kappa shape index (κ3) is 44.1. The summed E-state index contributed by atoms with van der Waals surface area (Å²) in [5.41, 5.74) is 0. The molecule has 278 valence electrons. The highest BCUT2D eigenvalue weighted by Crippen LogP contribution is 2.22. The van der Waals surface area contributed by atoms with Crippen LogP contribution in [0.5, 0.6) is 0 Å². The molecule has 0 unspecified atom stereocenters. The average Bonchev–Trinajstić information content (AvgIpc) is 3.07. The average molecular weight is 711 g/mol. The van der Waals surface area contributed by atoms with Crippen molar-refractivity contribution in [1.29, 1.82) is 0 Å². The summed E-state index contributed by atoms with van der Waals surface area (Å²) >= 11 is 0. The van der Waals surface area contributed by atoms with Crippen molar-refractivity contribution in [1.82, 2.24) is 0 Å². The van der Waals surface area contributed by atoms with Gasteiger partial charge in [-0.3, -0.25) is 0 Å². The van der Waals surface area contributed by atoms with Crippen molar-refractivity contribution in [2.24, 2.45) is 0 Å². The molecule has 0 aliphatic rings. The lowest BCUT2D eigenvalue weighted by Crippen LogP contribution is -2.14. The van der Waals surface area contributed by atoms with E-state index < -0.39 is 0 Å². The Bertz CT molecular complexity index is 488. The van der Waals surface area contributed by atoms with Crippen LogP contribution in [0.4, 0.5) is 0 Å². The molecule has 0 amide bonds. The first-order valence-corrected chi connectivity index (χ1v) is 18.6. The lowest BCUT2D eigenvalue weighted by atomic mass is 10.4. The summed E-state index contributed by atoms with van der Waals surface area (Å²) in [7, 11) is 6.84. The first-order valence-electron chi connectivity index (χ1n) is 16.2. The minimum Gasteiger partial charge on any atom is -0.382 e. The SMILES string of the molecule is COCCOCCOCCOCCOCCOCCOCCSSCCCCOCCOCCOCCOCCOCCOOC. The molecular weight excluding hydrogens is 648 g/mol. The maximum atomic E-state index is 5.62. The molecule has 14 nitrogen and oxygen atoms in total. The number of hydrogen-bond acceptors (Lipinski definition) is 16. The standard InChI is InChI=1S/C30H62O14S2/c1-31-6-7-34-10-11-36-14-15-38-16-17-39-20-21-41-24-25-43-28-30-46-45-29-4-3-5-33-8-9-35-12-13-37-18-19-40-22-23-42-26-27-44-32-2/h3-30H2,1-2H3. The van der Waals surface area contributed by atoms with Gasteiger partial charge in [-0.05, 0) is 12.8 Å². The molecule has 0 aromatic carbocycles. The zero-order valence-electron chi connectivity index (χ0n) is 28.3. The van der Waals surface area contributed by atoms with Crippen molar-refractivity contribution in [2.45, 2.75) is 12.8 Å². The maximum absolute atomic E-state index is 5.62. The van der Waals surface area contributed by atoms with E-state index in [9.17, 15) is 0 Å². The van der Waals surface area contributed by atoms with E-state index in [-0.39, 0.29) is 0 Å². The summed E-state index contributed by atoms with van der Waals surface area (Å²) in [6.45, 7) is 13.5. The van der Waals surface area contributed by atoms with Gasteiger partial charge in [0.05, 0.1) is 152 Å². The number of rotatable bonds is 43. The predicted octanol–water partition coefficient (Wildman–Crippen LogP) is 2.56. The fraction of sp³-hybridized carbons (Fsp3) is 1.00. The molecule has 0 bridgehead atoms. The highest BCUT2D eigenvalue weighted by Gasteiger charge is 1.97. The first kappa shape index (κ1) is 46.1.